The maximum Gasteiger partial charge on any atom is 0.0420 e. The average Bonchev–Trinajstić information content (AvgIpc) is 2.84. The number of nitrogens with two attached hydrogens (primary N) is 1. The first-order valence-electron chi connectivity index (χ1n) is 4.28. The van der Waals surface area contributed by atoms with E-state index in [0.29, 0.717) is 0 Å². The van der Waals surface area contributed by atoms with Gasteiger partial charge in [0.1, 0.15) is 0 Å². The second-order valence-corrected chi connectivity index (χ2v) is 4.85. The molecule has 3 heteroatoms. The first kappa shape index (κ1) is 9.38. The molecule has 0 spiro atoms. The molecule has 1 saturated carbocycles. The fourth-order valence-corrected chi connectivity index (χ4v) is 2.18. The molecule has 0 amide bonds. The monoisotopic (exact) mass is 213 g/mol. The first-order valence-corrected chi connectivity index (χ1v) is 5.88. The molecule has 1 aromatic rings. The molecule has 0 aliphatic heterocycles. The van der Waals surface area contributed by atoms with Gasteiger partial charge in [0.25, 0.3) is 0 Å². The molecule has 0 unspecified atom stereocenters. The van der Waals surface area contributed by atoms with Crippen LogP contribution >= 0.6 is 23.4 Å². The van der Waals surface area contributed by atoms with Crippen LogP contribution in [0.2, 0.25) is 5.02 Å². The third kappa shape index (κ3) is 1.85. The van der Waals surface area contributed by atoms with Crippen molar-refractivity contribution in [3.8, 4) is 0 Å². The summed E-state index contributed by atoms with van der Waals surface area (Å²) in [6, 6.07) is 6.10. The normalized spacial score (nSPS) is 18.7. The Hall–Kier alpha value is -0.180. The zero-order valence-corrected chi connectivity index (χ0v) is 9.08. The van der Waals surface area contributed by atoms with E-state index in [9.17, 15) is 0 Å². The summed E-state index contributed by atoms with van der Waals surface area (Å²) >= 11 is 7.69. The third-order valence-electron chi connectivity index (χ3n) is 2.47. The smallest absolute Gasteiger partial charge is 0.0420 e. The molecule has 2 N–H and O–H groups in total. The summed E-state index contributed by atoms with van der Waals surface area (Å²) < 4.78 is 0. The predicted octanol–water partition coefficient (Wildman–Crippen LogP) is 3.01. The van der Waals surface area contributed by atoms with Crippen molar-refractivity contribution in [3.05, 3.63) is 28.8 Å². The van der Waals surface area contributed by atoms with Crippen molar-refractivity contribution in [1.82, 2.24) is 0 Å². The van der Waals surface area contributed by atoms with Crippen LogP contribution in [0.5, 0.6) is 0 Å². The highest BCUT2D eigenvalue weighted by Crippen LogP contribution is 2.44. The molecule has 0 aromatic heterocycles. The van der Waals surface area contributed by atoms with Crippen molar-refractivity contribution in [2.45, 2.75) is 23.3 Å². The quantitative estimate of drug-likeness (QED) is 0.765. The van der Waals surface area contributed by atoms with Crippen molar-refractivity contribution in [3.63, 3.8) is 0 Å². The SMILES string of the molecule is CSc1cc(Cl)cc(C2(N)CC2)c1. The molecule has 0 atom stereocenters. The van der Waals surface area contributed by atoms with E-state index in [2.05, 4.69) is 6.07 Å². The Morgan fingerprint density at radius 1 is 1.38 bits per heavy atom. The largest absolute Gasteiger partial charge is 0.321 e. The Morgan fingerprint density at radius 2 is 2.08 bits per heavy atom. The van der Waals surface area contributed by atoms with E-state index in [-0.39, 0.29) is 5.54 Å². The Labute approximate surface area is 87.7 Å². The van der Waals surface area contributed by atoms with Gasteiger partial charge in [-0.05, 0) is 42.9 Å². The van der Waals surface area contributed by atoms with Crippen LogP contribution in [0, 0.1) is 0 Å². The van der Waals surface area contributed by atoms with Crippen molar-refractivity contribution in [2.24, 2.45) is 5.73 Å². The molecular formula is C10H12ClNS. The van der Waals surface area contributed by atoms with Crippen LogP contribution < -0.4 is 5.73 Å². The van der Waals surface area contributed by atoms with Crippen molar-refractivity contribution >= 4 is 23.4 Å². The summed E-state index contributed by atoms with van der Waals surface area (Å²) in [7, 11) is 0. The second kappa shape index (κ2) is 3.19. The lowest BCUT2D eigenvalue weighted by Crippen LogP contribution is -2.18. The lowest BCUT2D eigenvalue weighted by Gasteiger charge is -2.10. The highest BCUT2D eigenvalue weighted by molar-refractivity contribution is 7.98. The summed E-state index contributed by atoms with van der Waals surface area (Å²) in [6.07, 6.45) is 4.22. The molecule has 70 valence electrons. The van der Waals surface area contributed by atoms with Gasteiger partial charge in [0, 0.05) is 15.5 Å². The number of halogens is 1. The molecule has 0 bridgehead atoms. The minimum absolute atomic E-state index is 0.0740. The van der Waals surface area contributed by atoms with Gasteiger partial charge in [-0.25, -0.2) is 0 Å². The van der Waals surface area contributed by atoms with E-state index in [1.54, 1.807) is 11.8 Å². The fourth-order valence-electron chi connectivity index (χ4n) is 1.39. The Bertz CT molecular complexity index is 334. The van der Waals surface area contributed by atoms with Gasteiger partial charge in [0.15, 0.2) is 0 Å². The Balaban J connectivity index is 2.40. The molecule has 0 heterocycles. The molecule has 1 aliphatic carbocycles. The standard InChI is InChI=1S/C10H12ClNS/c1-13-9-5-7(4-8(11)6-9)10(12)2-3-10/h4-6H,2-3,12H2,1H3. The van der Waals surface area contributed by atoms with E-state index in [4.69, 9.17) is 17.3 Å². The lowest BCUT2D eigenvalue weighted by molar-refractivity contribution is 0.737. The maximum absolute atomic E-state index is 6.09. The van der Waals surface area contributed by atoms with E-state index in [1.165, 1.54) is 10.5 Å². The van der Waals surface area contributed by atoms with E-state index in [1.807, 2.05) is 18.4 Å². The Morgan fingerprint density at radius 3 is 2.62 bits per heavy atom. The summed E-state index contributed by atoms with van der Waals surface area (Å²) in [6.45, 7) is 0. The van der Waals surface area contributed by atoms with Crippen LogP contribution in [0.3, 0.4) is 0 Å². The molecule has 1 aromatic carbocycles. The Kier molecular flexibility index (Phi) is 2.30. The van der Waals surface area contributed by atoms with Gasteiger partial charge in [0.2, 0.25) is 0 Å². The number of hydrogen-bond acceptors (Lipinski definition) is 2. The van der Waals surface area contributed by atoms with Gasteiger partial charge in [-0.1, -0.05) is 11.6 Å². The van der Waals surface area contributed by atoms with Gasteiger partial charge in [-0.15, -0.1) is 11.8 Å². The van der Waals surface area contributed by atoms with E-state index < -0.39 is 0 Å². The molecule has 2 rings (SSSR count). The molecule has 0 saturated heterocycles. The second-order valence-electron chi connectivity index (χ2n) is 3.54. The van der Waals surface area contributed by atoms with Crippen molar-refractivity contribution in [2.75, 3.05) is 6.26 Å². The van der Waals surface area contributed by atoms with E-state index >= 15 is 0 Å². The maximum atomic E-state index is 6.09. The molecule has 13 heavy (non-hydrogen) atoms. The molecular weight excluding hydrogens is 202 g/mol. The number of thioether (sulfide) groups is 1. The first-order chi connectivity index (χ1) is 6.14. The van der Waals surface area contributed by atoms with E-state index in [0.717, 1.165) is 17.9 Å². The van der Waals surface area contributed by atoms with Crippen molar-refractivity contribution < 1.29 is 0 Å². The summed E-state index contributed by atoms with van der Waals surface area (Å²) in [5.74, 6) is 0. The zero-order chi connectivity index (χ0) is 9.47. The predicted molar refractivity (Wildman–Crippen MR) is 58.3 cm³/mol. The minimum Gasteiger partial charge on any atom is -0.321 e. The highest BCUT2D eigenvalue weighted by atomic mass is 35.5. The number of hydrogen-bond donors (Lipinski definition) is 1. The fraction of sp³-hybridized carbons (Fsp3) is 0.400. The van der Waals surface area contributed by atoms with Crippen LogP contribution in [0.15, 0.2) is 23.1 Å². The van der Waals surface area contributed by atoms with Crippen LogP contribution in [0.4, 0.5) is 0 Å². The minimum atomic E-state index is -0.0740. The highest BCUT2D eigenvalue weighted by Gasteiger charge is 2.40. The van der Waals surface area contributed by atoms with Crippen molar-refractivity contribution in [1.29, 1.82) is 0 Å². The van der Waals surface area contributed by atoms with Gasteiger partial charge < -0.3 is 5.73 Å². The molecule has 1 fully saturated rings. The summed E-state index contributed by atoms with van der Waals surface area (Å²) in [4.78, 5) is 1.19. The number of benzene rings is 1. The van der Waals surface area contributed by atoms with Crippen LogP contribution in [-0.2, 0) is 5.54 Å². The van der Waals surface area contributed by atoms with Gasteiger partial charge in [0.05, 0.1) is 0 Å². The van der Waals surface area contributed by atoms with Gasteiger partial charge in [-0.2, -0.15) is 0 Å². The molecule has 0 radical (unpaired) electrons. The zero-order valence-electron chi connectivity index (χ0n) is 7.51. The number of rotatable bonds is 2. The van der Waals surface area contributed by atoms with Gasteiger partial charge in [-0.3, -0.25) is 0 Å². The van der Waals surface area contributed by atoms with Gasteiger partial charge >= 0.3 is 0 Å². The summed E-state index contributed by atoms with van der Waals surface area (Å²) in [5.41, 5.74) is 7.20. The van der Waals surface area contributed by atoms with Crippen LogP contribution in [0.1, 0.15) is 18.4 Å². The molecule has 1 nitrogen and oxygen atoms in total. The topological polar surface area (TPSA) is 26.0 Å². The third-order valence-corrected chi connectivity index (χ3v) is 3.40. The lowest BCUT2D eigenvalue weighted by atomic mass is 10.1. The van der Waals surface area contributed by atoms with Crippen LogP contribution in [0.25, 0.3) is 0 Å². The molecule has 1 aliphatic rings. The average molecular weight is 214 g/mol. The van der Waals surface area contributed by atoms with Crippen LogP contribution in [-0.4, -0.2) is 6.26 Å². The summed E-state index contributed by atoms with van der Waals surface area (Å²) in [5, 5.41) is 0.790.